The van der Waals surface area contributed by atoms with Gasteiger partial charge in [-0.1, -0.05) is 11.6 Å². The monoisotopic (exact) mass is 226 g/mol. The predicted octanol–water partition coefficient (Wildman–Crippen LogP) is 2.71. The summed E-state index contributed by atoms with van der Waals surface area (Å²) in [5.74, 6) is 0. The lowest BCUT2D eigenvalue weighted by Gasteiger charge is -2.02. The Morgan fingerprint density at radius 3 is 3.14 bits per heavy atom. The van der Waals surface area contributed by atoms with Gasteiger partial charge in [-0.2, -0.15) is 0 Å². The highest BCUT2D eigenvalue weighted by Crippen LogP contribution is 2.26. The highest BCUT2D eigenvalue weighted by Gasteiger charge is 2.05. The standard InChI is InChI=1S/C10H11ClN2S/c1-12-3-2-7-4-8(11)5-9-10(7)14-6-13-9/h4-6,12H,2-3H2,1H3. The van der Waals surface area contributed by atoms with E-state index in [4.69, 9.17) is 11.6 Å². The van der Waals surface area contributed by atoms with Crippen molar-refractivity contribution in [2.45, 2.75) is 6.42 Å². The van der Waals surface area contributed by atoms with Crippen molar-refractivity contribution in [1.82, 2.24) is 10.3 Å². The molecule has 0 saturated carbocycles. The van der Waals surface area contributed by atoms with E-state index in [9.17, 15) is 0 Å². The summed E-state index contributed by atoms with van der Waals surface area (Å²) in [6.45, 7) is 0.966. The molecule has 0 saturated heterocycles. The Balaban J connectivity index is 2.44. The summed E-state index contributed by atoms with van der Waals surface area (Å²) in [6.07, 6.45) is 0.996. The molecule has 0 radical (unpaired) electrons. The number of rotatable bonds is 3. The van der Waals surface area contributed by atoms with Crippen molar-refractivity contribution in [3.63, 3.8) is 0 Å². The van der Waals surface area contributed by atoms with Crippen LogP contribution >= 0.6 is 22.9 Å². The van der Waals surface area contributed by atoms with Crippen LogP contribution in [0.25, 0.3) is 10.2 Å². The van der Waals surface area contributed by atoms with E-state index in [1.165, 1.54) is 10.3 Å². The Labute approximate surface area is 91.9 Å². The van der Waals surface area contributed by atoms with Crippen LogP contribution in [0.2, 0.25) is 5.02 Å². The first-order valence-corrected chi connectivity index (χ1v) is 5.73. The topological polar surface area (TPSA) is 24.9 Å². The minimum atomic E-state index is 0.773. The summed E-state index contributed by atoms with van der Waals surface area (Å²) in [4.78, 5) is 4.26. The molecule has 0 aliphatic rings. The summed E-state index contributed by atoms with van der Waals surface area (Å²) in [6, 6.07) is 3.94. The number of likely N-dealkylation sites (N-methyl/N-ethyl adjacent to an activating group) is 1. The molecule has 0 aliphatic carbocycles. The van der Waals surface area contributed by atoms with Crippen LogP contribution < -0.4 is 5.32 Å². The fourth-order valence-corrected chi connectivity index (χ4v) is 2.50. The SMILES string of the molecule is CNCCc1cc(Cl)cc2ncsc12. The van der Waals surface area contributed by atoms with Crippen LogP contribution in [-0.2, 0) is 6.42 Å². The molecule has 1 heterocycles. The minimum absolute atomic E-state index is 0.773. The minimum Gasteiger partial charge on any atom is -0.319 e. The van der Waals surface area contributed by atoms with Crippen molar-refractivity contribution in [1.29, 1.82) is 0 Å². The third kappa shape index (κ3) is 1.90. The highest BCUT2D eigenvalue weighted by atomic mass is 35.5. The van der Waals surface area contributed by atoms with Gasteiger partial charge in [-0.05, 0) is 37.7 Å². The highest BCUT2D eigenvalue weighted by molar-refractivity contribution is 7.17. The van der Waals surface area contributed by atoms with E-state index < -0.39 is 0 Å². The average Bonchev–Trinajstić information content (AvgIpc) is 2.61. The molecule has 0 spiro atoms. The third-order valence-electron chi connectivity index (χ3n) is 2.12. The quantitative estimate of drug-likeness (QED) is 0.871. The van der Waals surface area contributed by atoms with Gasteiger partial charge in [-0.3, -0.25) is 0 Å². The van der Waals surface area contributed by atoms with Crippen LogP contribution in [0.3, 0.4) is 0 Å². The Bertz CT molecular complexity index is 439. The summed E-state index contributed by atoms with van der Waals surface area (Å²) in [5, 5.41) is 3.91. The number of nitrogens with zero attached hydrogens (tertiary/aromatic N) is 1. The molecule has 74 valence electrons. The van der Waals surface area contributed by atoms with E-state index in [0.717, 1.165) is 23.5 Å². The molecule has 2 nitrogen and oxygen atoms in total. The molecule has 1 aromatic heterocycles. The van der Waals surface area contributed by atoms with Gasteiger partial charge in [0.1, 0.15) is 0 Å². The maximum atomic E-state index is 6.00. The van der Waals surface area contributed by atoms with Gasteiger partial charge in [-0.15, -0.1) is 11.3 Å². The van der Waals surface area contributed by atoms with Crippen molar-refractivity contribution in [3.8, 4) is 0 Å². The Hall–Kier alpha value is -0.640. The normalized spacial score (nSPS) is 11.0. The van der Waals surface area contributed by atoms with E-state index in [1.54, 1.807) is 11.3 Å². The van der Waals surface area contributed by atoms with Crippen LogP contribution in [-0.4, -0.2) is 18.6 Å². The van der Waals surface area contributed by atoms with Crippen molar-refractivity contribution >= 4 is 33.2 Å². The molecule has 2 rings (SSSR count). The van der Waals surface area contributed by atoms with Gasteiger partial charge >= 0.3 is 0 Å². The summed E-state index contributed by atoms with van der Waals surface area (Å²) < 4.78 is 1.25. The van der Waals surface area contributed by atoms with Crippen LogP contribution in [0.1, 0.15) is 5.56 Å². The second-order valence-corrected chi connectivity index (χ2v) is 4.41. The van der Waals surface area contributed by atoms with Gasteiger partial charge in [0, 0.05) is 5.02 Å². The Morgan fingerprint density at radius 2 is 2.36 bits per heavy atom. The fourth-order valence-electron chi connectivity index (χ4n) is 1.45. The first-order chi connectivity index (χ1) is 6.81. The molecule has 0 bridgehead atoms. The van der Waals surface area contributed by atoms with Gasteiger partial charge in [0.15, 0.2) is 0 Å². The van der Waals surface area contributed by atoms with E-state index in [0.29, 0.717) is 0 Å². The van der Waals surface area contributed by atoms with Gasteiger partial charge in [-0.25, -0.2) is 4.98 Å². The Kier molecular flexibility index (Phi) is 3.01. The number of hydrogen-bond acceptors (Lipinski definition) is 3. The number of aromatic nitrogens is 1. The molecule has 14 heavy (non-hydrogen) atoms. The lowest BCUT2D eigenvalue weighted by Crippen LogP contribution is -2.10. The van der Waals surface area contributed by atoms with Crippen molar-refractivity contribution in [2.24, 2.45) is 0 Å². The van der Waals surface area contributed by atoms with Gasteiger partial charge in [0.25, 0.3) is 0 Å². The lowest BCUT2D eigenvalue weighted by molar-refractivity contribution is 0.795. The smallest absolute Gasteiger partial charge is 0.0829 e. The fraction of sp³-hybridized carbons (Fsp3) is 0.300. The summed E-state index contributed by atoms with van der Waals surface area (Å²) in [5.41, 5.74) is 4.15. The van der Waals surface area contributed by atoms with Gasteiger partial charge in [0.2, 0.25) is 0 Å². The average molecular weight is 227 g/mol. The first-order valence-electron chi connectivity index (χ1n) is 4.47. The molecule has 0 atom stereocenters. The predicted molar refractivity (Wildman–Crippen MR) is 62.3 cm³/mol. The molecule has 1 aromatic carbocycles. The number of halogens is 1. The maximum Gasteiger partial charge on any atom is 0.0829 e. The molecule has 0 aliphatic heterocycles. The van der Waals surface area contributed by atoms with Crippen LogP contribution in [0.15, 0.2) is 17.6 Å². The maximum absolute atomic E-state index is 6.00. The van der Waals surface area contributed by atoms with Crippen LogP contribution in [0.5, 0.6) is 0 Å². The second kappa shape index (κ2) is 4.26. The Morgan fingerprint density at radius 1 is 1.50 bits per heavy atom. The van der Waals surface area contributed by atoms with E-state index >= 15 is 0 Å². The van der Waals surface area contributed by atoms with Crippen molar-refractivity contribution in [2.75, 3.05) is 13.6 Å². The molecule has 0 fully saturated rings. The van der Waals surface area contributed by atoms with E-state index in [-0.39, 0.29) is 0 Å². The first kappa shape index (κ1) is 9.90. The second-order valence-electron chi connectivity index (χ2n) is 3.12. The number of fused-ring (bicyclic) bond motifs is 1. The summed E-state index contributed by atoms with van der Waals surface area (Å²) in [7, 11) is 1.95. The van der Waals surface area contributed by atoms with Crippen molar-refractivity contribution < 1.29 is 0 Å². The van der Waals surface area contributed by atoms with Gasteiger partial charge < -0.3 is 5.32 Å². The number of benzene rings is 1. The van der Waals surface area contributed by atoms with E-state index in [1.807, 2.05) is 24.7 Å². The molecule has 0 amide bonds. The molecular weight excluding hydrogens is 216 g/mol. The molecule has 0 unspecified atom stereocenters. The number of nitrogens with one attached hydrogen (secondary N) is 1. The van der Waals surface area contributed by atoms with Crippen LogP contribution in [0, 0.1) is 0 Å². The number of hydrogen-bond donors (Lipinski definition) is 1. The zero-order valence-corrected chi connectivity index (χ0v) is 9.45. The van der Waals surface area contributed by atoms with Crippen molar-refractivity contribution in [3.05, 3.63) is 28.2 Å². The zero-order chi connectivity index (χ0) is 9.97. The number of thiazole rings is 1. The molecule has 4 heteroatoms. The largest absolute Gasteiger partial charge is 0.319 e. The van der Waals surface area contributed by atoms with Crippen LogP contribution in [0.4, 0.5) is 0 Å². The summed E-state index contributed by atoms with van der Waals surface area (Å²) >= 11 is 7.68. The van der Waals surface area contributed by atoms with Gasteiger partial charge in [0.05, 0.1) is 15.7 Å². The van der Waals surface area contributed by atoms with E-state index in [2.05, 4.69) is 10.3 Å². The molecular formula is C10H11ClN2S. The molecule has 2 aromatic rings. The lowest BCUT2D eigenvalue weighted by atomic mass is 10.1. The molecule has 1 N–H and O–H groups in total. The zero-order valence-electron chi connectivity index (χ0n) is 7.88. The third-order valence-corrected chi connectivity index (χ3v) is 3.25.